The summed E-state index contributed by atoms with van der Waals surface area (Å²) < 4.78 is 0. The SMILES string of the molecule is CC(=O)CC(=O)C([C-]=O)C=O.[Ir]. The first-order valence-corrected chi connectivity index (χ1v) is 2.97. The molecule has 0 saturated carbocycles. The molecule has 0 heterocycles. The van der Waals surface area contributed by atoms with Gasteiger partial charge in [0.25, 0.3) is 0 Å². The third-order valence-corrected chi connectivity index (χ3v) is 1.03. The Morgan fingerprint density at radius 2 is 2.00 bits per heavy atom. The fourth-order valence-electron chi connectivity index (χ4n) is 0.525. The van der Waals surface area contributed by atoms with Gasteiger partial charge in [-0.25, -0.2) is 6.29 Å². The van der Waals surface area contributed by atoms with E-state index >= 15 is 0 Å². The van der Waals surface area contributed by atoms with Gasteiger partial charge in [0, 0.05) is 20.1 Å². The second-order valence-electron chi connectivity index (χ2n) is 2.08. The summed E-state index contributed by atoms with van der Waals surface area (Å²) in [6.07, 6.45) is 1.04. The quantitative estimate of drug-likeness (QED) is 0.380. The monoisotopic (exact) mass is 348 g/mol. The molecule has 1 radical (unpaired) electrons. The summed E-state index contributed by atoms with van der Waals surface area (Å²) in [6, 6.07) is 0. The van der Waals surface area contributed by atoms with Gasteiger partial charge in [0.1, 0.15) is 17.9 Å². The van der Waals surface area contributed by atoms with E-state index in [9.17, 15) is 19.2 Å². The molecule has 1 unspecified atom stereocenters. The Kier molecular flexibility index (Phi) is 8.11. The van der Waals surface area contributed by atoms with E-state index in [2.05, 4.69) is 0 Å². The van der Waals surface area contributed by atoms with Gasteiger partial charge in [-0.1, -0.05) is 0 Å². The maximum Gasteiger partial charge on any atom is 0.137 e. The summed E-state index contributed by atoms with van der Waals surface area (Å²) in [5.41, 5.74) is 0. The molecule has 0 aromatic rings. The zero-order chi connectivity index (χ0) is 8.85. The van der Waals surface area contributed by atoms with Crippen LogP contribution in [0.2, 0.25) is 0 Å². The van der Waals surface area contributed by atoms with E-state index in [0.717, 1.165) is 0 Å². The largest absolute Gasteiger partial charge is 0.541 e. The molecular formula is C7H7IrO4-. The van der Waals surface area contributed by atoms with Crippen LogP contribution in [0.25, 0.3) is 0 Å². The van der Waals surface area contributed by atoms with Crippen molar-refractivity contribution >= 4 is 24.1 Å². The van der Waals surface area contributed by atoms with Gasteiger partial charge in [0.2, 0.25) is 0 Å². The first-order chi connectivity index (χ1) is 5.11. The van der Waals surface area contributed by atoms with Gasteiger partial charge < -0.3 is 14.4 Å². The number of hydrogen-bond donors (Lipinski definition) is 0. The molecule has 0 bridgehead atoms. The Labute approximate surface area is 83.1 Å². The molecule has 0 aliphatic carbocycles. The average Bonchev–Trinajstić information content (AvgIpc) is 1.88. The summed E-state index contributed by atoms with van der Waals surface area (Å²) in [6.45, 7) is 1.21. The van der Waals surface area contributed by atoms with E-state index in [1.807, 2.05) is 0 Å². The molecule has 0 amide bonds. The Morgan fingerprint density at radius 3 is 2.25 bits per heavy atom. The van der Waals surface area contributed by atoms with Crippen LogP contribution in [0.1, 0.15) is 13.3 Å². The van der Waals surface area contributed by atoms with Crippen LogP contribution in [0, 0.1) is 5.92 Å². The molecule has 0 aliphatic heterocycles. The molecule has 0 rings (SSSR count). The molecule has 0 aromatic heterocycles. The average molecular weight is 347 g/mol. The minimum absolute atomic E-state index is 0. The van der Waals surface area contributed by atoms with Crippen LogP contribution in [-0.2, 0) is 39.3 Å². The van der Waals surface area contributed by atoms with Crippen LogP contribution in [0.3, 0.4) is 0 Å². The molecule has 0 N–H and O–H groups in total. The van der Waals surface area contributed by atoms with Gasteiger partial charge >= 0.3 is 0 Å². The number of rotatable bonds is 5. The summed E-state index contributed by atoms with van der Waals surface area (Å²) in [5.74, 6) is -2.45. The maximum absolute atomic E-state index is 10.7. The van der Waals surface area contributed by atoms with Crippen LogP contribution in [0.15, 0.2) is 0 Å². The van der Waals surface area contributed by atoms with Gasteiger partial charge in [-0.3, -0.25) is 4.79 Å². The van der Waals surface area contributed by atoms with Crippen LogP contribution in [0.5, 0.6) is 0 Å². The number of carbonyl (C=O) groups excluding carboxylic acids is 4. The summed E-state index contributed by atoms with van der Waals surface area (Å²) in [5, 5.41) is 0. The summed E-state index contributed by atoms with van der Waals surface area (Å²) >= 11 is 0. The van der Waals surface area contributed by atoms with Crippen LogP contribution >= 0.6 is 0 Å². The second kappa shape index (κ2) is 7.00. The predicted molar refractivity (Wildman–Crippen MR) is 35.6 cm³/mol. The normalized spacial score (nSPS) is 10.8. The molecule has 5 heteroatoms. The Bertz CT molecular complexity index is 192. The zero-order valence-electron chi connectivity index (χ0n) is 6.33. The van der Waals surface area contributed by atoms with Gasteiger partial charge in [0.05, 0.1) is 6.42 Å². The molecule has 0 saturated heterocycles. The first-order valence-electron chi connectivity index (χ1n) is 2.97. The maximum atomic E-state index is 10.7. The van der Waals surface area contributed by atoms with Crippen molar-refractivity contribution in [1.82, 2.24) is 0 Å². The van der Waals surface area contributed by atoms with Gasteiger partial charge in [-0.05, 0) is 12.8 Å². The van der Waals surface area contributed by atoms with Crippen molar-refractivity contribution < 1.29 is 39.3 Å². The number of carbonyl (C=O) groups is 3. The second-order valence-corrected chi connectivity index (χ2v) is 2.08. The molecule has 0 aliphatic rings. The molecular weight excluding hydrogens is 340 g/mol. The topological polar surface area (TPSA) is 68.3 Å². The molecule has 1 atom stereocenters. The van der Waals surface area contributed by atoms with Crippen molar-refractivity contribution in [1.29, 1.82) is 0 Å². The number of aldehydes is 1. The molecule has 0 fully saturated rings. The smallest absolute Gasteiger partial charge is 0.137 e. The van der Waals surface area contributed by atoms with Crippen molar-refractivity contribution in [2.75, 3.05) is 0 Å². The van der Waals surface area contributed by atoms with Crippen molar-refractivity contribution in [3.05, 3.63) is 0 Å². The van der Waals surface area contributed by atoms with Crippen LogP contribution < -0.4 is 0 Å². The summed E-state index contributed by atoms with van der Waals surface area (Å²) in [7, 11) is 0. The van der Waals surface area contributed by atoms with Crippen LogP contribution in [0.4, 0.5) is 0 Å². The van der Waals surface area contributed by atoms with E-state index in [1.165, 1.54) is 13.2 Å². The zero-order valence-corrected chi connectivity index (χ0v) is 8.72. The van der Waals surface area contributed by atoms with E-state index in [0.29, 0.717) is 0 Å². The standard InChI is InChI=1S/C7H7O4.Ir/c1-5(10)2-7(11)6(3-8)4-9;/h3,6H,2H2,1H3;/q-1;. The number of hydrogen-bond acceptors (Lipinski definition) is 4. The van der Waals surface area contributed by atoms with E-state index in [-0.39, 0.29) is 38.6 Å². The number of ketones is 2. The van der Waals surface area contributed by atoms with Gasteiger partial charge in [0.15, 0.2) is 0 Å². The minimum Gasteiger partial charge on any atom is -0.541 e. The Morgan fingerprint density at radius 1 is 1.50 bits per heavy atom. The van der Waals surface area contributed by atoms with Gasteiger partial charge in [-0.2, -0.15) is 0 Å². The third kappa shape index (κ3) is 5.04. The molecule has 0 spiro atoms. The van der Waals surface area contributed by atoms with Crippen molar-refractivity contribution in [2.45, 2.75) is 13.3 Å². The third-order valence-electron chi connectivity index (χ3n) is 1.03. The Balaban J connectivity index is 0. The van der Waals surface area contributed by atoms with Crippen molar-refractivity contribution in [3.63, 3.8) is 0 Å². The van der Waals surface area contributed by atoms with E-state index < -0.39 is 11.7 Å². The molecule has 4 nitrogen and oxygen atoms in total. The minimum atomic E-state index is -1.39. The Hall–Kier alpha value is -0.671. The predicted octanol–water partition coefficient (Wildman–Crippen LogP) is -0.543. The molecule has 12 heavy (non-hydrogen) atoms. The number of Topliss-reactive ketones (excluding diaryl/α,β-unsaturated/α-hetero) is 2. The first kappa shape index (κ1) is 13.9. The summed E-state index contributed by atoms with van der Waals surface area (Å²) in [4.78, 5) is 40.9. The molecule has 69 valence electrons. The fraction of sp³-hybridized carbons (Fsp3) is 0.429. The van der Waals surface area contributed by atoms with Gasteiger partial charge in [-0.15, -0.1) is 0 Å². The van der Waals surface area contributed by atoms with E-state index in [4.69, 9.17) is 0 Å². The van der Waals surface area contributed by atoms with Crippen LogP contribution in [-0.4, -0.2) is 24.1 Å². The molecule has 0 aromatic carbocycles. The van der Waals surface area contributed by atoms with E-state index in [1.54, 1.807) is 0 Å². The van der Waals surface area contributed by atoms with Crippen molar-refractivity contribution in [3.8, 4) is 0 Å². The van der Waals surface area contributed by atoms with Crippen molar-refractivity contribution in [2.24, 2.45) is 5.92 Å². The fourth-order valence-corrected chi connectivity index (χ4v) is 0.525.